The van der Waals surface area contributed by atoms with E-state index in [1.807, 2.05) is 42.6 Å². The van der Waals surface area contributed by atoms with E-state index in [1.165, 1.54) is 11.3 Å². The van der Waals surface area contributed by atoms with Crippen molar-refractivity contribution < 1.29 is 4.79 Å². The Kier molecular flexibility index (Phi) is 5.59. The molecule has 1 aliphatic heterocycles. The Morgan fingerprint density at radius 1 is 1.16 bits per heavy atom. The van der Waals surface area contributed by atoms with Crippen molar-refractivity contribution in [3.05, 3.63) is 72.2 Å². The van der Waals surface area contributed by atoms with Crippen LogP contribution >= 0.6 is 11.3 Å². The minimum Gasteiger partial charge on any atom is -0.390 e. The number of nitrogens with two attached hydrogens (primary N) is 2. The Hall–Kier alpha value is -3.29. The van der Waals surface area contributed by atoms with Crippen molar-refractivity contribution in [1.29, 1.82) is 0 Å². The predicted molar refractivity (Wildman–Crippen MR) is 131 cm³/mol. The first-order chi connectivity index (χ1) is 15.6. The molecule has 4 heterocycles. The van der Waals surface area contributed by atoms with Gasteiger partial charge >= 0.3 is 0 Å². The van der Waals surface area contributed by atoms with Crippen LogP contribution in [0.3, 0.4) is 0 Å². The number of carbonyl (C=O) groups excluding carboxylic acids is 1. The monoisotopic (exact) mass is 443 g/mol. The molecule has 0 radical (unpaired) electrons. The van der Waals surface area contributed by atoms with Crippen LogP contribution in [-0.2, 0) is 6.42 Å². The first-order valence-electron chi connectivity index (χ1n) is 10.8. The van der Waals surface area contributed by atoms with Gasteiger partial charge in [-0.2, -0.15) is 0 Å². The van der Waals surface area contributed by atoms with Gasteiger partial charge in [0.25, 0.3) is 0 Å². The first-order valence-corrected chi connectivity index (χ1v) is 11.6. The lowest BCUT2D eigenvalue weighted by Gasteiger charge is -2.33. The molecule has 1 aromatic carbocycles. The number of anilines is 2. The zero-order chi connectivity index (χ0) is 22.1. The van der Waals surface area contributed by atoms with Crippen molar-refractivity contribution >= 4 is 38.0 Å². The van der Waals surface area contributed by atoms with E-state index in [2.05, 4.69) is 20.9 Å². The summed E-state index contributed by atoms with van der Waals surface area (Å²) >= 11 is 1.41. The average molecular weight is 444 g/mol. The highest BCUT2D eigenvalue weighted by atomic mass is 32.1. The number of nitrogen functional groups attached to an aromatic ring is 1. The predicted octanol–water partition coefficient (Wildman–Crippen LogP) is 4.29. The summed E-state index contributed by atoms with van der Waals surface area (Å²) in [5.41, 5.74) is 17.7. The van der Waals surface area contributed by atoms with E-state index < -0.39 is 0 Å². The SMILES string of the molecule is Nc1sc2cc(-c3ccccc3)cnc2c1C(=O)Cc1cnccc1N1CCC[C@H](N)C1. The van der Waals surface area contributed by atoms with Gasteiger partial charge in [-0.15, -0.1) is 11.3 Å². The number of hydrogen-bond acceptors (Lipinski definition) is 7. The number of carbonyl (C=O) groups is 1. The molecule has 32 heavy (non-hydrogen) atoms. The highest BCUT2D eigenvalue weighted by molar-refractivity contribution is 7.23. The fourth-order valence-electron chi connectivity index (χ4n) is 4.41. The molecule has 1 fully saturated rings. The second kappa shape index (κ2) is 8.68. The largest absolute Gasteiger partial charge is 0.390 e. The molecule has 0 saturated carbocycles. The summed E-state index contributed by atoms with van der Waals surface area (Å²) in [6, 6.07) is 14.3. The number of piperidine rings is 1. The van der Waals surface area contributed by atoms with Crippen LogP contribution in [0.2, 0.25) is 0 Å². The number of rotatable bonds is 5. The van der Waals surface area contributed by atoms with Gasteiger partial charge in [-0.05, 0) is 30.5 Å². The van der Waals surface area contributed by atoms with Crippen molar-refractivity contribution in [2.45, 2.75) is 25.3 Å². The maximum Gasteiger partial charge on any atom is 0.172 e. The molecule has 0 bridgehead atoms. The van der Waals surface area contributed by atoms with Gasteiger partial charge in [-0.1, -0.05) is 30.3 Å². The van der Waals surface area contributed by atoms with Crippen LogP contribution in [-0.4, -0.2) is 34.9 Å². The fourth-order valence-corrected chi connectivity index (χ4v) is 5.40. The normalized spacial score (nSPS) is 16.4. The lowest BCUT2D eigenvalue weighted by Crippen LogP contribution is -2.43. The van der Waals surface area contributed by atoms with Gasteiger partial charge in [0, 0.05) is 61.0 Å². The standard InChI is InChI=1S/C25H25N5OS/c26-19-7-4-10-30(15-19)20-8-9-28-13-18(20)11-21(31)23-24-22(32-25(23)27)12-17(14-29-24)16-5-2-1-3-6-16/h1-3,5-6,8-9,12-14,19H,4,7,10-11,15,26-27H2/t19-/m0/s1. The van der Waals surface area contributed by atoms with Crippen molar-refractivity contribution in [2.75, 3.05) is 23.7 Å². The first kappa shape index (κ1) is 20.6. The molecule has 1 atom stereocenters. The minimum atomic E-state index is -0.0377. The zero-order valence-corrected chi connectivity index (χ0v) is 18.5. The molecule has 3 aromatic heterocycles. The third-order valence-electron chi connectivity index (χ3n) is 5.97. The van der Waals surface area contributed by atoms with Gasteiger partial charge in [0.2, 0.25) is 0 Å². The van der Waals surface area contributed by atoms with Crippen molar-refractivity contribution in [1.82, 2.24) is 9.97 Å². The Labute approximate surface area is 190 Å². The van der Waals surface area contributed by atoms with Crippen molar-refractivity contribution in [2.24, 2.45) is 5.73 Å². The Balaban J connectivity index is 1.45. The summed E-state index contributed by atoms with van der Waals surface area (Å²) < 4.78 is 0.917. The van der Waals surface area contributed by atoms with Gasteiger partial charge in [-0.25, -0.2) is 0 Å². The number of ketones is 1. The van der Waals surface area contributed by atoms with Gasteiger partial charge in [0.05, 0.1) is 20.8 Å². The molecule has 4 N–H and O–H groups in total. The van der Waals surface area contributed by atoms with Crippen LogP contribution in [0, 0.1) is 0 Å². The quantitative estimate of drug-likeness (QED) is 0.447. The number of nitrogens with zero attached hydrogens (tertiary/aromatic N) is 3. The number of pyridine rings is 2. The van der Waals surface area contributed by atoms with Crippen LogP contribution < -0.4 is 16.4 Å². The van der Waals surface area contributed by atoms with Crippen molar-refractivity contribution in [3.63, 3.8) is 0 Å². The summed E-state index contributed by atoms with van der Waals surface area (Å²) in [6.07, 6.45) is 7.67. The second-order valence-electron chi connectivity index (χ2n) is 8.23. The van der Waals surface area contributed by atoms with E-state index in [0.717, 1.165) is 53.0 Å². The number of aromatic nitrogens is 2. The minimum absolute atomic E-state index is 0.0377. The molecule has 7 heteroatoms. The number of Topliss-reactive ketones (excluding diaryl/α,β-unsaturated/α-hetero) is 1. The molecule has 1 aliphatic rings. The van der Waals surface area contributed by atoms with Gasteiger partial charge < -0.3 is 16.4 Å². The van der Waals surface area contributed by atoms with Crippen LogP contribution in [0.15, 0.2) is 61.1 Å². The van der Waals surface area contributed by atoms with E-state index in [-0.39, 0.29) is 18.2 Å². The van der Waals surface area contributed by atoms with Crippen molar-refractivity contribution in [3.8, 4) is 11.1 Å². The van der Waals surface area contributed by atoms with E-state index in [4.69, 9.17) is 11.5 Å². The lowest BCUT2D eigenvalue weighted by molar-refractivity contribution is 0.0995. The highest BCUT2D eigenvalue weighted by Gasteiger charge is 2.23. The molecule has 6 nitrogen and oxygen atoms in total. The topological polar surface area (TPSA) is 98.1 Å². The molecule has 0 aliphatic carbocycles. The smallest absolute Gasteiger partial charge is 0.172 e. The molecular weight excluding hydrogens is 418 g/mol. The Morgan fingerprint density at radius 3 is 2.81 bits per heavy atom. The van der Waals surface area contributed by atoms with E-state index in [9.17, 15) is 4.79 Å². The lowest BCUT2D eigenvalue weighted by atomic mass is 10.0. The average Bonchev–Trinajstić information content (AvgIpc) is 3.15. The highest BCUT2D eigenvalue weighted by Crippen LogP contribution is 2.36. The number of thiophene rings is 1. The maximum atomic E-state index is 13.4. The van der Waals surface area contributed by atoms with Crippen LogP contribution in [0.25, 0.3) is 21.3 Å². The summed E-state index contributed by atoms with van der Waals surface area (Å²) in [7, 11) is 0. The van der Waals surface area contributed by atoms with Crippen LogP contribution in [0.5, 0.6) is 0 Å². The third kappa shape index (κ3) is 3.97. The molecule has 1 saturated heterocycles. The Bertz CT molecular complexity index is 1270. The van der Waals surface area contributed by atoms with E-state index in [0.29, 0.717) is 16.1 Å². The summed E-state index contributed by atoms with van der Waals surface area (Å²) in [5.74, 6) is -0.0377. The zero-order valence-electron chi connectivity index (χ0n) is 17.7. The van der Waals surface area contributed by atoms with Crippen LogP contribution in [0.4, 0.5) is 10.7 Å². The van der Waals surface area contributed by atoms with Gasteiger partial charge in [0.15, 0.2) is 5.78 Å². The molecular formula is C25H25N5OS. The molecule has 0 amide bonds. The number of hydrogen-bond donors (Lipinski definition) is 2. The maximum absolute atomic E-state index is 13.4. The molecule has 4 aromatic rings. The second-order valence-corrected chi connectivity index (χ2v) is 9.31. The third-order valence-corrected chi connectivity index (χ3v) is 6.92. The molecule has 5 rings (SSSR count). The Morgan fingerprint density at radius 2 is 2.00 bits per heavy atom. The summed E-state index contributed by atoms with van der Waals surface area (Å²) in [4.78, 5) is 24.5. The summed E-state index contributed by atoms with van der Waals surface area (Å²) in [5, 5.41) is 0.508. The fraction of sp³-hybridized carbons (Fsp3) is 0.240. The number of benzene rings is 1. The molecule has 0 spiro atoms. The number of fused-ring (bicyclic) bond motifs is 1. The summed E-state index contributed by atoms with van der Waals surface area (Å²) in [6.45, 7) is 1.73. The molecule has 162 valence electrons. The molecule has 0 unspecified atom stereocenters. The van der Waals surface area contributed by atoms with Gasteiger partial charge in [-0.3, -0.25) is 14.8 Å². The van der Waals surface area contributed by atoms with E-state index >= 15 is 0 Å². The van der Waals surface area contributed by atoms with Crippen LogP contribution in [0.1, 0.15) is 28.8 Å². The van der Waals surface area contributed by atoms with E-state index in [1.54, 1.807) is 12.4 Å². The van der Waals surface area contributed by atoms with Gasteiger partial charge in [0.1, 0.15) is 0 Å².